The molecule has 0 amide bonds. The average Bonchev–Trinajstić information content (AvgIpc) is 1.86. The molecule has 0 radical (unpaired) electrons. The van der Waals surface area contributed by atoms with Gasteiger partial charge in [-0.2, -0.15) is 0 Å². The van der Waals surface area contributed by atoms with Crippen LogP contribution < -0.4 is 5.32 Å². The fourth-order valence-corrected chi connectivity index (χ4v) is 1.28. The summed E-state index contributed by atoms with van der Waals surface area (Å²) in [6.07, 6.45) is 5.35. The van der Waals surface area contributed by atoms with Gasteiger partial charge in [0, 0.05) is 6.54 Å². The van der Waals surface area contributed by atoms with Crippen molar-refractivity contribution in [2.45, 2.75) is 34.1 Å². The van der Waals surface area contributed by atoms with Crippen molar-refractivity contribution in [3.63, 3.8) is 0 Å². The molecule has 0 saturated heterocycles. The first-order chi connectivity index (χ1) is 5.16. The van der Waals surface area contributed by atoms with Gasteiger partial charge in [0.25, 0.3) is 0 Å². The number of hydrogen-bond donors (Lipinski definition) is 1. The Morgan fingerprint density at radius 2 is 1.91 bits per heavy atom. The third kappa shape index (κ3) is 7.44. The third-order valence-corrected chi connectivity index (χ3v) is 1.62. The molecule has 0 aliphatic carbocycles. The molecule has 0 rings (SSSR count). The molecule has 0 aliphatic rings. The molecular weight excluding hydrogens is 134 g/mol. The minimum absolute atomic E-state index is 0.784. The lowest BCUT2D eigenvalue weighted by molar-refractivity contribution is 0.430. The third-order valence-electron chi connectivity index (χ3n) is 1.62. The summed E-state index contributed by atoms with van der Waals surface area (Å²) in [5.41, 5.74) is 0. The van der Waals surface area contributed by atoms with Gasteiger partial charge in [0.15, 0.2) is 0 Å². The molecule has 0 bridgehead atoms. The summed E-state index contributed by atoms with van der Waals surface area (Å²) in [6, 6.07) is 0. The van der Waals surface area contributed by atoms with Gasteiger partial charge in [0.05, 0.1) is 0 Å². The van der Waals surface area contributed by atoms with Crippen molar-refractivity contribution in [3.05, 3.63) is 12.3 Å². The Morgan fingerprint density at radius 3 is 2.36 bits per heavy atom. The monoisotopic (exact) mass is 155 g/mol. The van der Waals surface area contributed by atoms with Crippen LogP contribution in [0.3, 0.4) is 0 Å². The fourth-order valence-electron chi connectivity index (χ4n) is 1.28. The van der Waals surface area contributed by atoms with Crippen LogP contribution >= 0.6 is 0 Å². The molecule has 0 aromatic carbocycles. The van der Waals surface area contributed by atoms with E-state index in [-0.39, 0.29) is 0 Å². The number of nitrogens with one attached hydrogen (secondary N) is 1. The maximum absolute atomic E-state index is 3.26. The van der Waals surface area contributed by atoms with E-state index in [4.69, 9.17) is 0 Å². The number of rotatable bonds is 5. The SMILES string of the molecule is C/C=C\NCC(C)CC(C)C. The predicted molar refractivity (Wildman–Crippen MR) is 51.4 cm³/mol. The molecule has 1 unspecified atom stereocenters. The van der Waals surface area contributed by atoms with Gasteiger partial charge in [-0.3, -0.25) is 0 Å². The Bertz CT molecular complexity index is 105. The van der Waals surface area contributed by atoms with Gasteiger partial charge in [0.2, 0.25) is 0 Å². The number of allylic oxidation sites excluding steroid dienone is 1. The molecule has 1 atom stereocenters. The van der Waals surface area contributed by atoms with Crippen LogP contribution in [0.2, 0.25) is 0 Å². The van der Waals surface area contributed by atoms with E-state index in [0.29, 0.717) is 0 Å². The van der Waals surface area contributed by atoms with E-state index in [0.717, 1.165) is 18.4 Å². The topological polar surface area (TPSA) is 12.0 Å². The molecule has 0 heterocycles. The van der Waals surface area contributed by atoms with Gasteiger partial charge in [-0.05, 0) is 31.4 Å². The minimum Gasteiger partial charge on any atom is -0.391 e. The highest BCUT2D eigenvalue weighted by Crippen LogP contribution is 2.09. The normalized spacial score (nSPS) is 14.3. The first-order valence-electron chi connectivity index (χ1n) is 4.51. The maximum atomic E-state index is 3.26. The van der Waals surface area contributed by atoms with E-state index < -0.39 is 0 Å². The van der Waals surface area contributed by atoms with Crippen molar-refractivity contribution < 1.29 is 0 Å². The summed E-state index contributed by atoms with van der Waals surface area (Å²) in [7, 11) is 0. The van der Waals surface area contributed by atoms with Gasteiger partial charge in [-0.1, -0.05) is 26.8 Å². The van der Waals surface area contributed by atoms with Crippen LogP contribution in [0.4, 0.5) is 0 Å². The van der Waals surface area contributed by atoms with Gasteiger partial charge < -0.3 is 5.32 Å². The lowest BCUT2D eigenvalue weighted by Gasteiger charge is -2.13. The molecule has 1 nitrogen and oxygen atoms in total. The molecule has 0 fully saturated rings. The van der Waals surface area contributed by atoms with Crippen molar-refractivity contribution in [2.24, 2.45) is 11.8 Å². The zero-order valence-electron chi connectivity index (χ0n) is 8.22. The van der Waals surface area contributed by atoms with Crippen LogP contribution in [0.1, 0.15) is 34.1 Å². The molecule has 0 aromatic heterocycles. The minimum atomic E-state index is 0.784. The zero-order chi connectivity index (χ0) is 8.69. The van der Waals surface area contributed by atoms with Crippen molar-refractivity contribution in [3.8, 4) is 0 Å². The molecular formula is C10H21N. The highest BCUT2D eigenvalue weighted by molar-refractivity contribution is 4.75. The van der Waals surface area contributed by atoms with Crippen molar-refractivity contribution in [1.29, 1.82) is 0 Å². The van der Waals surface area contributed by atoms with E-state index in [9.17, 15) is 0 Å². The predicted octanol–water partition coefficient (Wildman–Crippen LogP) is 2.79. The highest BCUT2D eigenvalue weighted by Gasteiger charge is 2.02. The molecule has 1 N–H and O–H groups in total. The highest BCUT2D eigenvalue weighted by atomic mass is 14.8. The molecule has 0 aromatic rings. The Hall–Kier alpha value is -0.460. The van der Waals surface area contributed by atoms with Crippen LogP contribution in [0.5, 0.6) is 0 Å². The molecule has 11 heavy (non-hydrogen) atoms. The fraction of sp³-hybridized carbons (Fsp3) is 0.800. The molecule has 0 saturated carbocycles. The molecule has 0 spiro atoms. The second-order valence-electron chi connectivity index (χ2n) is 3.64. The molecule has 66 valence electrons. The molecule has 1 heteroatoms. The van der Waals surface area contributed by atoms with E-state index >= 15 is 0 Å². The summed E-state index contributed by atoms with van der Waals surface area (Å²) in [5.74, 6) is 1.60. The van der Waals surface area contributed by atoms with E-state index in [1.54, 1.807) is 0 Å². The average molecular weight is 155 g/mol. The number of hydrogen-bond acceptors (Lipinski definition) is 1. The van der Waals surface area contributed by atoms with Crippen LogP contribution in [-0.2, 0) is 0 Å². The van der Waals surface area contributed by atoms with Gasteiger partial charge in [-0.15, -0.1) is 0 Å². The smallest absolute Gasteiger partial charge is 0.0167 e. The maximum Gasteiger partial charge on any atom is 0.0167 e. The second kappa shape index (κ2) is 6.26. The van der Waals surface area contributed by atoms with Crippen molar-refractivity contribution in [2.75, 3.05) is 6.54 Å². The lowest BCUT2D eigenvalue weighted by atomic mass is 9.99. The Morgan fingerprint density at radius 1 is 1.27 bits per heavy atom. The standard InChI is InChI=1S/C10H21N/c1-5-6-11-8-10(4)7-9(2)3/h5-6,9-11H,7-8H2,1-4H3/b6-5-. The second-order valence-corrected chi connectivity index (χ2v) is 3.64. The summed E-state index contributed by atoms with van der Waals surface area (Å²) < 4.78 is 0. The summed E-state index contributed by atoms with van der Waals surface area (Å²) in [5, 5.41) is 3.26. The lowest BCUT2D eigenvalue weighted by Crippen LogP contribution is -2.16. The van der Waals surface area contributed by atoms with E-state index in [1.165, 1.54) is 6.42 Å². The van der Waals surface area contributed by atoms with Gasteiger partial charge >= 0.3 is 0 Å². The van der Waals surface area contributed by atoms with Crippen LogP contribution in [0, 0.1) is 11.8 Å². The first kappa shape index (κ1) is 10.5. The van der Waals surface area contributed by atoms with Crippen molar-refractivity contribution in [1.82, 2.24) is 5.32 Å². The Balaban J connectivity index is 3.29. The first-order valence-corrected chi connectivity index (χ1v) is 4.51. The Kier molecular flexibility index (Phi) is 6.00. The quantitative estimate of drug-likeness (QED) is 0.643. The Labute approximate surface area is 70.9 Å². The van der Waals surface area contributed by atoms with Crippen LogP contribution in [0.25, 0.3) is 0 Å². The largest absolute Gasteiger partial charge is 0.391 e. The zero-order valence-corrected chi connectivity index (χ0v) is 8.22. The molecule has 0 aliphatic heterocycles. The van der Waals surface area contributed by atoms with E-state index in [2.05, 4.69) is 26.1 Å². The van der Waals surface area contributed by atoms with Crippen LogP contribution in [-0.4, -0.2) is 6.54 Å². The summed E-state index contributed by atoms with van der Waals surface area (Å²) in [6.45, 7) is 9.96. The summed E-state index contributed by atoms with van der Waals surface area (Å²) in [4.78, 5) is 0. The van der Waals surface area contributed by atoms with E-state index in [1.807, 2.05) is 19.2 Å². The van der Waals surface area contributed by atoms with Crippen molar-refractivity contribution >= 4 is 0 Å². The van der Waals surface area contributed by atoms with Crippen LogP contribution in [0.15, 0.2) is 12.3 Å². The van der Waals surface area contributed by atoms with Gasteiger partial charge in [0.1, 0.15) is 0 Å². The summed E-state index contributed by atoms with van der Waals surface area (Å²) >= 11 is 0. The van der Waals surface area contributed by atoms with Gasteiger partial charge in [-0.25, -0.2) is 0 Å².